The maximum atomic E-state index is 12.1. The first-order valence-electron chi connectivity index (χ1n) is 9.75. The maximum Gasteiger partial charge on any atom is 0.220 e. The number of para-hydroxylation sites is 1. The molecule has 2 aromatic rings. The largest absolute Gasteiger partial charge is 0.487 e. The number of benzene rings is 1. The fraction of sp³-hybridized carbons (Fsp3) is 0.455. The van der Waals surface area contributed by atoms with Crippen LogP contribution in [-0.2, 0) is 11.2 Å². The third-order valence-corrected chi connectivity index (χ3v) is 5.60. The highest BCUT2D eigenvalue weighted by molar-refractivity contribution is 5.76. The molecule has 0 unspecified atom stereocenters. The first kappa shape index (κ1) is 17.1. The third kappa shape index (κ3) is 3.90. The van der Waals surface area contributed by atoms with Crippen molar-refractivity contribution in [2.45, 2.75) is 51.0 Å². The molecule has 1 aromatic carbocycles. The number of hydrogen-bond acceptors (Lipinski definition) is 3. The minimum Gasteiger partial charge on any atom is -0.487 e. The number of carbonyl (C=O) groups excluding carboxylic acids is 1. The van der Waals surface area contributed by atoms with Gasteiger partial charge in [0.05, 0.1) is 6.54 Å². The van der Waals surface area contributed by atoms with E-state index in [1.54, 1.807) is 12.4 Å². The maximum absolute atomic E-state index is 12.1. The zero-order valence-corrected chi connectivity index (χ0v) is 15.1. The first-order chi connectivity index (χ1) is 12.8. The van der Waals surface area contributed by atoms with E-state index in [1.807, 2.05) is 12.1 Å². The van der Waals surface area contributed by atoms with E-state index in [1.165, 1.54) is 31.2 Å². The lowest BCUT2D eigenvalue weighted by molar-refractivity contribution is -0.121. The van der Waals surface area contributed by atoms with Crippen LogP contribution in [0.1, 0.15) is 44.1 Å². The standard InChI is InChI=1S/C22H26N2O2/c25-21(9-8-16-4-1-2-5-16)24-15-19-14-18-6-3-7-20(22(18)26-19)17-10-12-23-13-11-17/h3,6-7,10-13,16,19H,1-2,4-5,8-9,14-15H2,(H,24,25)/t19-/m1/s1. The molecule has 4 heteroatoms. The van der Waals surface area contributed by atoms with Crippen molar-refractivity contribution in [2.24, 2.45) is 5.92 Å². The lowest BCUT2D eigenvalue weighted by atomic mass is 10.0. The van der Waals surface area contributed by atoms with E-state index in [0.717, 1.165) is 35.6 Å². The van der Waals surface area contributed by atoms with Gasteiger partial charge in [-0.25, -0.2) is 0 Å². The zero-order valence-electron chi connectivity index (χ0n) is 15.1. The molecule has 0 bridgehead atoms. The highest BCUT2D eigenvalue weighted by Crippen LogP contribution is 2.38. The van der Waals surface area contributed by atoms with E-state index >= 15 is 0 Å². The van der Waals surface area contributed by atoms with Crippen molar-refractivity contribution < 1.29 is 9.53 Å². The quantitative estimate of drug-likeness (QED) is 0.852. The van der Waals surface area contributed by atoms with Crippen LogP contribution in [0.2, 0.25) is 0 Å². The summed E-state index contributed by atoms with van der Waals surface area (Å²) >= 11 is 0. The minimum absolute atomic E-state index is 0.0171. The smallest absolute Gasteiger partial charge is 0.220 e. The predicted molar refractivity (Wildman–Crippen MR) is 102 cm³/mol. The van der Waals surface area contributed by atoms with Crippen LogP contribution in [0, 0.1) is 5.92 Å². The van der Waals surface area contributed by atoms with Crippen molar-refractivity contribution in [3.63, 3.8) is 0 Å². The van der Waals surface area contributed by atoms with Gasteiger partial charge in [-0.3, -0.25) is 9.78 Å². The highest BCUT2D eigenvalue weighted by atomic mass is 16.5. The molecule has 0 spiro atoms. The van der Waals surface area contributed by atoms with Crippen LogP contribution < -0.4 is 10.1 Å². The molecule has 1 saturated carbocycles. The predicted octanol–water partition coefficient (Wildman–Crippen LogP) is 4.14. The van der Waals surface area contributed by atoms with Gasteiger partial charge in [0.15, 0.2) is 0 Å². The van der Waals surface area contributed by atoms with Gasteiger partial charge in [-0.1, -0.05) is 43.9 Å². The summed E-state index contributed by atoms with van der Waals surface area (Å²) in [4.78, 5) is 16.2. The van der Waals surface area contributed by atoms with Crippen LogP contribution in [-0.4, -0.2) is 23.5 Å². The fourth-order valence-electron chi connectivity index (χ4n) is 4.16. The Bertz CT molecular complexity index is 754. The molecule has 1 fully saturated rings. The van der Waals surface area contributed by atoms with E-state index < -0.39 is 0 Å². The normalized spacial score (nSPS) is 19.2. The average molecular weight is 350 g/mol. The van der Waals surface area contributed by atoms with Gasteiger partial charge in [0, 0.05) is 30.8 Å². The Morgan fingerprint density at radius 2 is 1.96 bits per heavy atom. The molecular formula is C22H26N2O2. The number of pyridine rings is 1. The van der Waals surface area contributed by atoms with Crippen molar-refractivity contribution in [2.75, 3.05) is 6.54 Å². The van der Waals surface area contributed by atoms with Crippen molar-refractivity contribution in [1.82, 2.24) is 10.3 Å². The lowest BCUT2D eigenvalue weighted by Crippen LogP contribution is -2.34. The van der Waals surface area contributed by atoms with Gasteiger partial charge in [-0.05, 0) is 35.6 Å². The Hall–Kier alpha value is -2.36. The molecule has 1 aliphatic heterocycles. The van der Waals surface area contributed by atoms with Gasteiger partial charge >= 0.3 is 0 Å². The molecule has 1 atom stereocenters. The van der Waals surface area contributed by atoms with Crippen LogP contribution in [0.25, 0.3) is 11.1 Å². The van der Waals surface area contributed by atoms with Crippen molar-refractivity contribution in [3.05, 3.63) is 48.3 Å². The van der Waals surface area contributed by atoms with Crippen molar-refractivity contribution >= 4 is 5.91 Å². The summed E-state index contributed by atoms with van der Waals surface area (Å²) in [5.41, 5.74) is 3.42. The number of amides is 1. The minimum atomic E-state index is 0.0171. The molecule has 2 aliphatic rings. The molecule has 1 N–H and O–H groups in total. The van der Waals surface area contributed by atoms with Gasteiger partial charge in [0.1, 0.15) is 11.9 Å². The molecule has 136 valence electrons. The SMILES string of the molecule is O=C(CCC1CCCC1)NC[C@H]1Cc2cccc(-c3ccncc3)c2O1. The van der Waals surface area contributed by atoms with Crippen molar-refractivity contribution in [1.29, 1.82) is 0 Å². The number of nitrogens with zero attached hydrogens (tertiary/aromatic N) is 1. The summed E-state index contributed by atoms with van der Waals surface area (Å²) in [5, 5.41) is 3.07. The summed E-state index contributed by atoms with van der Waals surface area (Å²) in [6.07, 6.45) is 11.4. The number of carbonyl (C=O) groups is 1. The molecule has 0 radical (unpaired) electrons. The van der Waals surface area contributed by atoms with Crippen LogP contribution in [0.3, 0.4) is 0 Å². The second-order valence-corrected chi connectivity index (χ2v) is 7.47. The van der Waals surface area contributed by atoms with E-state index in [-0.39, 0.29) is 12.0 Å². The molecule has 4 nitrogen and oxygen atoms in total. The van der Waals surface area contributed by atoms with Gasteiger partial charge in [0.25, 0.3) is 0 Å². The van der Waals surface area contributed by atoms with E-state index in [0.29, 0.717) is 13.0 Å². The molecule has 2 heterocycles. The third-order valence-electron chi connectivity index (χ3n) is 5.60. The summed E-state index contributed by atoms with van der Waals surface area (Å²) in [6.45, 7) is 0.577. The van der Waals surface area contributed by atoms with Crippen molar-refractivity contribution in [3.8, 4) is 16.9 Å². The number of hydrogen-bond donors (Lipinski definition) is 1. The molecule has 1 amide bonds. The molecule has 26 heavy (non-hydrogen) atoms. The first-order valence-corrected chi connectivity index (χ1v) is 9.75. The van der Waals surface area contributed by atoms with E-state index in [2.05, 4.69) is 28.5 Å². The molecule has 0 saturated heterocycles. The second kappa shape index (κ2) is 7.90. The van der Waals surface area contributed by atoms with Gasteiger partial charge in [-0.2, -0.15) is 0 Å². The number of aromatic nitrogens is 1. The van der Waals surface area contributed by atoms with Crippen LogP contribution >= 0.6 is 0 Å². The van der Waals surface area contributed by atoms with E-state index in [9.17, 15) is 4.79 Å². The Morgan fingerprint density at radius 1 is 1.15 bits per heavy atom. The lowest BCUT2D eigenvalue weighted by Gasteiger charge is -2.14. The number of ether oxygens (including phenoxy) is 1. The summed E-state index contributed by atoms with van der Waals surface area (Å²) in [7, 11) is 0. The average Bonchev–Trinajstić information content (AvgIpc) is 3.34. The number of rotatable bonds is 6. The summed E-state index contributed by atoms with van der Waals surface area (Å²) < 4.78 is 6.19. The van der Waals surface area contributed by atoms with E-state index in [4.69, 9.17) is 4.74 Å². The van der Waals surface area contributed by atoms with Gasteiger partial charge in [-0.15, -0.1) is 0 Å². The molecular weight excluding hydrogens is 324 g/mol. The summed E-state index contributed by atoms with van der Waals surface area (Å²) in [6, 6.07) is 10.3. The fourth-order valence-corrected chi connectivity index (χ4v) is 4.16. The highest BCUT2D eigenvalue weighted by Gasteiger charge is 2.26. The van der Waals surface area contributed by atoms with Crippen LogP contribution in [0.5, 0.6) is 5.75 Å². The second-order valence-electron chi connectivity index (χ2n) is 7.47. The van der Waals surface area contributed by atoms with Crippen LogP contribution in [0.15, 0.2) is 42.7 Å². The number of nitrogens with one attached hydrogen (secondary N) is 1. The number of fused-ring (bicyclic) bond motifs is 1. The Labute approximate surface area is 155 Å². The van der Waals surface area contributed by atoms with Gasteiger partial charge < -0.3 is 10.1 Å². The monoisotopic (exact) mass is 350 g/mol. The Balaban J connectivity index is 1.32. The van der Waals surface area contributed by atoms with Gasteiger partial charge in [0.2, 0.25) is 5.91 Å². The molecule has 1 aromatic heterocycles. The zero-order chi connectivity index (χ0) is 17.8. The Kier molecular flexibility index (Phi) is 5.19. The topological polar surface area (TPSA) is 51.2 Å². The molecule has 1 aliphatic carbocycles. The van der Waals surface area contributed by atoms with Crippen LogP contribution in [0.4, 0.5) is 0 Å². The Morgan fingerprint density at radius 3 is 2.77 bits per heavy atom. The summed E-state index contributed by atoms with van der Waals surface area (Å²) in [5.74, 6) is 1.87. The molecule has 4 rings (SSSR count).